The van der Waals surface area contributed by atoms with Gasteiger partial charge in [0.25, 0.3) is 0 Å². The van der Waals surface area contributed by atoms with Gasteiger partial charge in [-0.3, -0.25) is 5.43 Å². The number of benzene rings is 2. The molecule has 0 aromatic heterocycles. The number of halogens is 6. The maximum Gasteiger partial charge on any atom is 0.416 e. The zero-order valence-corrected chi connectivity index (χ0v) is 15.8. The largest absolute Gasteiger partial charge is 0.416 e. The summed E-state index contributed by atoms with van der Waals surface area (Å²) in [6.07, 6.45) is -4.41. The van der Waals surface area contributed by atoms with Crippen LogP contribution in [-0.2, 0) is 6.18 Å². The molecule has 0 aliphatic rings. The number of rotatable bonds is 3. The van der Waals surface area contributed by atoms with Gasteiger partial charge in [-0.1, -0.05) is 23.7 Å². The molecule has 0 fully saturated rings. The summed E-state index contributed by atoms with van der Waals surface area (Å²) in [5.74, 6) is 0. The van der Waals surface area contributed by atoms with E-state index in [0.717, 1.165) is 25.0 Å². The monoisotopic (exact) mass is 550 g/mol. The van der Waals surface area contributed by atoms with E-state index in [-0.39, 0.29) is 10.7 Å². The van der Waals surface area contributed by atoms with Crippen molar-refractivity contribution in [3.63, 3.8) is 0 Å². The van der Waals surface area contributed by atoms with Crippen molar-refractivity contribution in [1.29, 1.82) is 0 Å². The zero-order chi connectivity index (χ0) is 16.3. The normalized spacial score (nSPS) is 12.4. The molecule has 1 N–H and O–H groups in total. The Kier molecular flexibility index (Phi) is 5.94. The van der Waals surface area contributed by atoms with Crippen LogP contribution in [0, 0.1) is 7.14 Å². The molecule has 22 heavy (non-hydrogen) atoms. The van der Waals surface area contributed by atoms with E-state index in [1.165, 1.54) is 12.1 Å². The summed E-state index contributed by atoms with van der Waals surface area (Å²) in [6.45, 7) is 0. The molecule has 2 aromatic rings. The van der Waals surface area contributed by atoms with Crippen LogP contribution < -0.4 is 5.43 Å². The van der Waals surface area contributed by atoms with E-state index in [1.54, 1.807) is 0 Å². The minimum absolute atomic E-state index is 0.0412. The fraction of sp³-hybridized carbons (Fsp3) is 0.0714. The number of hydrogen-bond acceptors (Lipinski definition) is 2. The molecule has 0 aliphatic carbocycles. The van der Waals surface area contributed by atoms with Gasteiger partial charge in [0.15, 0.2) is 5.17 Å². The molecule has 0 atom stereocenters. The maximum atomic E-state index is 12.7. The molecule has 0 radical (unpaired) electrons. The molecular formula is C14H8ClF3I2N2. The highest BCUT2D eigenvalue weighted by Crippen LogP contribution is 2.30. The van der Waals surface area contributed by atoms with Gasteiger partial charge in [-0.05, 0) is 75.5 Å². The molecule has 0 saturated carbocycles. The summed E-state index contributed by atoms with van der Waals surface area (Å²) in [6, 6.07) is 10.4. The second-order valence-electron chi connectivity index (χ2n) is 4.22. The maximum absolute atomic E-state index is 12.7. The Hall–Kier alpha value is -0.550. The lowest BCUT2D eigenvalue weighted by Crippen LogP contribution is -2.06. The first-order valence-electron chi connectivity index (χ1n) is 5.89. The van der Waals surface area contributed by atoms with Crippen LogP contribution in [0.3, 0.4) is 0 Å². The van der Waals surface area contributed by atoms with Crippen LogP contribution in [0.25, 0.3) is 0 Å². The molecule has 0 heterocycles. The van der Waals surface area contributed by atoms with Crippen LogP contribution in [0.2, 0.25) is 0 Å². The molecule has 2 aromatic carbocycles. The molecule has 8 heteroatoms. The van der Waals surface area contributed by atoms with Crippen LogP contribution in [0.15, 0.2) is 47.6 Å². The fourth-order valence-electron chi connectivity index (χ4n) is 1.58. The molecule has 0 unspecified atom stereocenters. The first-order valence-corrected chi connectivity index (χ1v) is 8.43. The Morgan fingerprint density at radius 3 is 2.45 bits per heavy atom. The summed E-state index contributed by atoms with van der Waals surface area (Å²) in [5.41, 5.74) is 2.93. The van der Waals surface area contributed by atoms with Gasteiger partial charge in [0.1, 0.15) is 0 Å². The van der Waals surface area contributed by atoms with Crippen molar-refractivity contribution in [2.75, 3.05) is 5.43 Å². The van der Waals surface area contributed by atoms with E-state index < -0.39 is 11.7 Å². The average Bonchev–Trinajstić information content (AvgIpc) is 2.45. The van der Waals surface area contributed by atoms with E-state index in [2.05, 4.69) is 55.7 Å². The average molecular weight is 550 g/mol. The van der Waals surface area contributed by atoms with Crippen molar-refractivity contribution in [1.82, 2.24) is 0 Å². The van der Waals surface area contributed by atoms with Crippen LogP contribution in [0.4, 0.5) is 18.9 Å². The Labute approximate surface area is 157 Å². The molecule has 0 aliphatic heterocycles. The minimum Gasteiger partial charge on any atom is -0.276 e. The summed E-state index contributed by atoms with van der Waals surface area (Å²) >= 11 is 10.3. The second-order valence-corrected chi connectivity index (χ2v) is 6.98. The highest BCUT2D eigenvalue weighted by atomic mass is 127. The SMILES string of the molecule is FC(F)(F)c1cccc(C(Cl)=NNc2ccc(I)cc2I)c1. The summed E-state index contributed by atoms with van der Waals surface area (Å²) in [5, 5.41) is 3.89. The van der Waals surface area contributed by atoms with Crippen molar-refractivity contribution < 1.29 is 13.2 Å². The van der Waals surface area contributed by atoms with Gasteiger partial charge in [-0.15, -0.1) is 0 Å². The van der Waals surface area contributed by atoms with E-state index in [1.807, 2.05) is 18.2 Å². The molecule has 2 rings (SSSR count). The van der Waals surface area contributed by atoms with Gasteiger partial charge in [0.2, 0.25) is 0 Å². The summed E-state index contributed by atoms with van der Waals surface area (Å²) in [7, 11) is 0. The van der Waals surface area contributed by atoms with Crippen molar-refractivity contribution >= 4 is 67.6 Å². The first-order chi connectivity index (χ1) is 10.3. The Bertz CT molecular complexity index is 717. The molecule has 116 valence electrons. The van der Waals surface area contributed by atoms with Gasteiger partial charge in [0.05, 0.1) is 11.3 Å². The smallest absolute Gasteiger partial charge is 0.276 e. The lowest BCUT2D eigenvalue weighted by Gasteiger charge is -2.08. The third-order valence-electron chi connectivity index (χ3n) is 2.63. The predicted octanol–water partition coefficient (Wildman–Crippen LogP) is 5.93. The van der Waals surface area contributed by atoms with Gasteiger partial charge in [-0.2, -0.15) is 18.3 Å². The third-order valence-corrected chi connectivity index (χ3v) is 4.50. The standard InChI is InChI=1S/C14H8ClF3I2N2/c15-13(8-2-1-3-9(6-8)14(16,17)18)22-21-12-5-4-10(19)7-11(12)20/h1-7,21H. The van der Waals surface area contributed by atoms with E-state index in [9.17, 15) is 13.2 Å². The molecule has 0 spiro atoms. The first kappa shape index (κ1) is 17.8. The molecular weight excluding hydrogens is 542 g/mol. The Morgan fingerprint density at radius 2 is 1.82 bits per heavy atom. The van der Waals surface area contributed by atoms with E-state index in [0.29, 0.717) is 0 Å². The number of anilines is 1. The molecule has 2 nitrogen and oxygen atoms in total. The van der Waals surface area contributed by atoms with Gasteiger partial charge < -0.3 is 0 Å². The molecule has 0 saturated heterocycles. The topological polar surface area (TPSA) is 24.4 Å². The van der Waals surface area contributed by atoms with Gasteiger partial charge >= 0.3 is 6.18 Å². The zero-order valence-electron chi connectivity index (χ0n) is 10.8. The highest BCUT2D eigenvalue weighted by Gasteiger charge is 2.30. The Balaban J connectivity index is 2.22. The predicted molar refractivity (Wildman–Crippen MR) is 99.3 cm³/mol. The van der Waals surface area contributed by atoms with Crippen molar-refractivity contribution in [3.8, 4) is 0 Å². The lowest BCUT2D eigenvalue weighted by atomic mass is 10.1. The van der Waals surface area contributed by atoms with E-state index in [4.69, 9.17) is 11.6 Å². The van der Waals surface area contributed by atoms with Crippen molar-refractivity contribution in [3.05, 3.63) is 60.7 Å². The number of nitrogens with one attached hydrogen (secondary N) is 1. The summed E-state index contributed by atoms with van der Waals surface area (Å²) in [4.78, 5) is 0. The number of alkyl halides is 3. The highest BCUT2D eigenvalue weighted by molar-refractivity contribution is 14.1. The number of nitrogens with zero attached hydrogens (tertiary/aromatic N) is 1. The summed E-state index contributed by atoms with van der Waals surface area (Å²) < 4.78 is 40.0. The van der Waals surface area contributed by atoms with Crippen LogP contribution in [0.1, 0.15) is 11.1 Å². The fourth-order valence-corrected chi connectivity index (χ4v) is 3.46. The molecule has 0 bridgehead atoms. The quantitative estimate of drug-likeness (QED) is 0.286. The van der Waals surface area contributed by atoms with E-state index >= 15 is 0 Å². The molecule has 0 amide bonds. The van der Waals surface area contributed by atoms with Crippen LogP contribution in [-0.4, -0.2) is 5.17 Å². The van der Waals surface area contributed by atoms with Crippen LogP contribution in [0.5, 0.6) is 0 Å². The van der Waals surface area contributed by atoms with Crippen molar-refractivity contribution in [2.24, 2.45) is 5.10 Å². The number of hydrazone groups is 1. The van der Waals surface area contributed by atoms with Gasteiger partial charge in [-0.25, -0.2) is 0 Å². The van der Waals surface area contributed by atoms with Crippen LogP contribution >= 0.6 is 56.8 Å². The third kappa shape index (κ3) is 4.72. The lowest BCUT2D eigenvalue weighted by molar-refractivity contribution is -0.137. The van der Waals surface area contributed by atoms with Crippen molar-refractivity contribution in [2.45, 2.75) is 6.18 Å². The Morgan fingerprint density at radius 1 is 1.09 bits per heavy atom. The second kappa shape index (κ2) is 7.35. The van der Waals surface area contributed by atoms with Gasteiger partial charge in [0, 0.05) is 12.7 Å². The number of hydrogen-bond donors (Lipinski definition) is 1. The minimum atomic E-state index is -4.41.